The van der Waals surface area contributed by atoms with Crippen molar-refractivity contribution in [2.75, 3.05) is 0 Å². The predicted octanol–water partition coefficient (Wildman–Crippen LogP) is 2.88. The van der Waals surface area contributed by atoms with Crippen molar-refractivity contribution in [2.24, 2.45) is 0 Å². The molecule has 0 atom stereocenters. The molecule has 0 saturated heterocycles. The molecule has 1 aromatic rings. The van der Waals surface area contributed by atoms with E-state index < -0.39 is 0 Å². The van der Waals surface area contributed by atoms with E-state index in [9.17, 15) is 9.59 Å². The molecule has 78 valence electrons. The van der Waals surface area contributed by atoms with Gasteiger partial charge in [0.1, 0.15) is 0 Å². The van der Waals surface area contributed by atoms with Crippen molar-refractivity contribution < 1.29 is 9.59 Å². The second-order valence-corrected chi connectivity index (χ2v) is 3.30. The van der Waals surface area contributed by atoms with E-state index in [0.29, 0.717) is 12.0 Å². The van der Waals surface area contributed by atoms with E-state index in [1.165, 1.54) is 13.0 Å². The summed E-state index contributed by atoms with van der Waals surface area (Å²) in [7, 11) is 0. The highest BCUT2D eigenvalue weighted by Gasteiger charge is 2.03. The van der Waals surface area contributed by atoms with Crippen molar-refractivity contribution in [1.29, 1.82) is 0 Å². The largest absolute Gasteiger partial charge is 0.295 e. The van der Waals surface area contributed by atoms with Crippen molar-refractivity contribution in [3.05, 3.63) is 41.5 Å². The van der Waals surface area contributed by atoms with Crippen molar-refractivity contribution in [1.82, 2.24) is 0 Å². The molecule has 0 aliphatic rings. The smallest absolute Gasteiger partial charge is 0.160 e. The van der Waals surface area contributed by atoms with E-state index in [2.05, 4.69) is 0 Å². The standard InChI is InChI=1S/C13H14O2/c1-3-12(15)9-8-11-6-4-5-7-13(11)10(2)14/h4-9H,3H2,1-2H3. The Morgan fingerprint density at radius 3 is 2.53 bits per heavy atom. The van der Waals surface area contributed by atoms with Crippen molar-refractivity contribution in [3.63, 3.8) is 0 Å². The molecule has 0 bridgehead atoms. The fraction of sp³-hybridized carbons (Fsp3) is 0.231. The number of allylic oxidation sites excluding steroid dienone is 1. The SMILES string of the molecule is CCC(=O)C=Cc1ccccc1C(C)=O. The molecule has 0 fully saturated rings. The van der Waals surface area contributed by atoms with Gasteiger partial charge in [0, 0.05) is 12.0 Å². The van der Waals surface area contributed by atoms with Gasteiger partial charge in [0.25, 0.3) is 0 Å². The second kappa shape index (κ2) is 5.25. The number of rotatable bonds is 4. The molecular weight excluding hydrogens is 188 g/mol. The van der Waals surface area contributed by atoms with Gasteiger partial charge in [-0.2, -0.15) is 0 Å². The molecule has 1 aromatic carbocycles. The highest BCUT2D eigenvalue weighted by Crippen LogP contribution is 2.11. The fourth-order valence-electron chi connectivity index (χ4n) is 1.26. The number of carbonyl (C=O) groups is 2. The summed E-state index contributed by atoms with van der Waals surface area (Å²) in [5, 5.41) is 0. The summed E-state index contributed by atoms with van der Waals surface area (Å²) in [5.41, 5.74) is 1.45. The van der Waals surface area contributed by atoms with Crippen LogP contribution in [0.5, 0.6) is 0 Å². The Kier molecular flexibility index (Phi) is 3.98. The average molecular weight is 202 g/mol. The minimum Gasteiger partial charge on any atom is -0.295 e. The molecule has 0 saturated carbocycles. The van der Waals surface area contributed by atoms with Crippen LogP contribution in [0.15, 0.2) is 30.3 Å². The van der Waals surface area contributed by atoms with Gasteiger partial charge in [0.05, 0.1) is 0 Å². The highest BCUT2D eigenvalue weighted by molar-refractivity contribution is 6.00. The zero-order chi connectivity index (χ0) is 11.3. The Morgan fingerprint density at radius 2 is 1.93 bits per heavy atom. The van der Waals surface area contributed by atoms with Crippen LogP contribution in [0.3, 0.4) is 0 Å². The van der Waals surface area contributed by atoms with Crippen LogP contribution in [0.4, 0.5) is 0 Å². The van der Waals surface area contributed by atoms with Gasteiger partial charge in [-0.3, -0.25) is 9.59 Å². The number of hydrogen-bond donors (Lipinski definition) is 0. The molecule has 15 heavy (non-hydrogen) atoms. The zero-order valence-electron chi connectivity index (χ0n) is 8.99. The predicted molar refractivity (Wildman–Crippen MR) is 60.8 cm³/mol. The van der Waals surface area contributed by atoms with E-state index >= 15 is 0 Å². The van der Waals surface area contributed by atoms with Crippen LogP contribution in [0.2, 0.25) is 0 Å². The average Bonchev–Trinajstić information content (AvgIpc) is 2.26. The Hall–Kier alpha value is -1.70. The van der Waals surface area contributed by atoms with E-state index in [4.69, 9.17) is 0 Å². The third kappa shape index (κ3) is 3.17. The molecule has 0 N–H and O–H groups in total. The van der Waals surface area contributed by atoms with Crippen LogP contribution in [-0.2, 0) is 4.79 Å². The monoisotopic (exact) mass is 202 g/mol. The number of hydrogen-bond acceptors (Lipinski definition) is 2. The first-order valence-corrected chi connectivity index (χ1v) is 4.96. The lowest BCUT2D eigenvalue weighted by Gasteiger charge is -2.00. The van der Waals surface area contributed by atoms with Crippen LogP contribution in [0.25, 0.3) is 6.08 Å². The summed E-state index contributed by atoms with van der Waals surface area (Å²) in [6.45, 7) is 3.33. The van der Waals surface area contributed by atoms with Gasteiger partial charge in [0.15, 0.2) is 11.6 Å². The maximum atomic E-state index is 11.3. The topological polar surface area (TPSA) is 34.1 Å². The second-order valence-electron chi connectivity index (χ2n) is 3.30. The summed E-state index contributed by atoms with van der Waals surface area (Å²) in [5.74, 6) is 0.0764. The quantitative estimate of drug-likeness (QED) is 0.555. The van der Waals surface area contributed by atoms with Gasteiger partial charge >= 0.3 is 0 Å². The molecule has 0 heterocycles. The maximum absolute atomic E-state index is 11.3. The van der Waals surface area contributed by atoms with Gasteiger partial charge in [0.2, 0.25) is 0 Å². The van der Waals surface area contributed by atoms with Crippen LogP contribution in [0.1, 0.15) is 36.2 Å². The molecule has 0 aliphatic carbocycles. The Morgan fingerprint density at radius 1 is 1.27 bits per heavy atom. The van der Waals surface area contributed by atoms with E-state index in [1.807, 2.05) is 25.1 Å². The third-order valence-electron chi connectivity index (χ3n) is 2.14. The lowest BCUT2D eigenvalue weighted by atomic mass is 10.0. The first-order valence-electron chi connectivity index (χ1n) is 4.96. The molecule has 0 spiro atoms. The molecule has 2 nitrogen and oxygen atoms in total. The van der Waals surface area contributed by atoms with Crippen LogP contribution in [0, 0.1) is 0 Å². The Balaban J connectivity index is 2.99. The number of Topliss-reactive ketones (excluding diaryl/α,β-unsaturated/α-hetero) is 1. The van der Waals surface area contributed by atoms with Gasteiger partial charge in [-0.15, -0.1) is 0 Å². The molecule has 0 aliphatic heterocycles. The minimum absolute atomic E-state index is 0.0131. The number of ketones is 2. The first kappa shape index (κ1) is 11.4. The maximum Gasteiger partial charge on any atom is 0.160 e. The lowest BCUT2D eigenvalue weighted by molar-refractivity contribution is -0.114. The van der Waals surface area contributed by atoms with E-state index in [0.717, 1.165) is 5.56 Å². The van der Waals surface area contributed by atoms with E-state index in [-0.39, 0.29) is 11.6 Å². The van der Waals surface area contributed by atoms with Gasteiger partial charge < -0.3 is 0 Å². The van der Waals surface area contributed by atoms with Crippen LogP contribution >= 0.6 is 0 Å². The molecule has 0 radical (unpaired) electrons. The normalized spacial score (nSPS) is 10.5. The molecule has 2 heteroatoms. The summed E-state index contributed by atoms with van der Waals surface area (Å²) in [6.07, 6.45) is 3.70. The number of benzene rings is 1. The Bertz CT molecular complexity index is 403. The summed E-state index contributed by atoms with van der Waals surface area (Å²) >= 11 is 0. The van der Waals surface area contributed by atoms with Gasteiger partial charge in [-0.25, -0.2) is 0 Å². The highest BCUT2D eigenvalue weighted by atomic mass is 16.1. The summed E-state index contributed by atoms with van der Waals surface area (Å²) in [6, 6.07) is 7.26. The van der Waals surface area contributed by atoms with Crippen molar-refractivity contribution >= 4 is 17.6 Å². The van der Waals surface area contributed by atoms with Crippen molar-refractivity contribution in [2.45, 2.75) is 20.3 Å². The molecular formula is C13H14O2. The summed E-state index contributed by atoms with van der Waals surface area (Å²) < 4.78 is 0. The first-order chi connectivity index (χ1) is 7.15. The van der Waals surface area contributed by atoms with Crippen LogP contribution in [-0.4, -0.2) is 11.6 Å². The summed E-state index contributed by atoms with van der Waals surface area (Å²) in [4.78, 5) is 22.4. The van der Waals surface area contributed by atoms with Gasteiger partial charge in [-0.05, 0) is 18.6 Å². The number of carbonyl (C=O) groups excluding carboxylic acids is 2. The third-order valence-corrected chi connectivity index (χ3v) is 2.14. The zero-order valence-corrected chi connectivity index (χ0v) is 8.99. The van der Waals surface area contributed by atoms with E-state index in [1.54, 1.807) is 12.1 Å². The molecule has 0 amide bonds. The molecule has 1 rings (SSSR count). The molecule has 0 aromatic heterocycles. The van der Waals surface area contributed by atoms with Crippen LogP contribution < -0.4 is 0 Å². The molecule has 0 unspecified atom stereocenters. The fourth-order valence-corrected chi connectivity index (χ4v) is 1.26. The van der Waals surface area contributed by atoms with Gasteiger partial charge in [-0.1, -0.05) is 37.3 Å². The Labute approximate surface area is 89.6 Å². The van der Waals surface area contributed by atoms with Crippen molar-refractivity contribution in [3.8, 4) is 0 Å². The lowest BCUT2D eigenvalue weighted by Crippen LogP contribution is -1.95. The minimum atomic E-state index is 0.0131.